The molecule has 0 bridgehead atoms. The van der Waals surface area contributed by atoms with Crippen molar-refractivity contribution in [3.8, 4) is 0 Å². The molecule has 2 aromatic rings. The van der Waals surface area contributed by atoms with Crippen molar-refractivity contribution in [2.75, 3.05) is 38.2 Å². The molecule has 2 amide bonds. The van der Waals surface area contributed by atoms with Gasteiger partial charge in [0.1, 0.15) is 0 Å². The van der Waals surface area contributed by atoms with Gasteiger partial charge in [-0.25, -0.2) is 0 Å². The maximum atomic E-state index is 12.5. The fraction of sp³-hybridized carbons (Fsp3) is 0.333. The fourth-order valence-electron chi connectivity index (χ4n) is 3.00. The summed E-state index contributed by atoms with van der Waals surface area (Å²) >= 11 is 6.30. The number of hydrogen-bond donors (Lipinski definition) is 2. The Morgan fingerprint density at radius 1 is 1.14 bits per heavy atom. The molecule has 7 heteroatoms. The third-order valence-electron chi connectivity index (χ3n) is 4.52. The standard InChI is InChI=1S/C21H24ClN3O3/c1-15-3-2-4-16(11-15)13-24-20(26)14-23-17-5-6-18(19(22)12-17)21(27)25-7-9-28-10-8-25/h2-6,11-12,23H,7-10,13-14H2,1H3,(H,24,26). The Hall–Kier alpha value is -2.57. The van der Waals surface area contributed by atoms with Crippen molar-refractivity contribution in [1.29, 1.82) is 0 Å². The highest BCUT2D eigenvalue weighted by Crippen LogP contribution is 2.22. The molecule has 1 fully saturated rings. The van der Waals surface area contributed by atoms with E-state index in [2.05, 4.69) is 10.6 Å². The van der Waals surface area contributed by atoms with E-state index in [1.54, 1.807) is 23.1 Å². The molecule has 6 nitrogen and oxygen atoms in total. The van der Waals surface area contributed by atoms with E-state index in [0.29, 0.717) is 49.1 Å². The van der Waals surface area contributed by atoms with Gasteiger partial charge < -0.3 is 20.3 Å². The monoisotopic (exact) mass is 401 g/mol. The Morgan fingerprint density at radius 2 is 1.93 bits per heavy atom. The highest BCUT2D eigenvalue weighted by Gasteiger charge is 2.20. The van der Waals surface area contributed by atoms with E-state index >= 15 is 0 Å². The van der Waals surface area contributed by atoms with E-state index in [1.165, 1.54) is 0 Å². The van der Waals surface area contributed by atoms with Gasteiger partial charge in [-0.3, -0.25) is 9.59 Å². The van der Waals surface area contributed by atoms with Gasteiger partial charge in [0.25, 0.3) is 5.91 Å². The summed E-state index contributed by atoms with van der Waals surface area (Å²) in [4.78, 5) is 26.3. The fourth-order valence-corrected chi connectivity index (χ4v) is 3.26. The van der Waals surface area contributed by atoms with Crippen molar-refractivity contribution < 1.29 is 14.3 Å². The molecule has 1 heterocycles. The Kier molecular flexibility index (Phi) is 6.90. The van der Waals surface area contributed by atoms with Crippen LogP contribution in [0.5, 0.6) is 0 Å². The number of aryl methyl sites for hydroxylation is 1. The molecule has 0 atom stereocenters. The smallest absolute Gasteiger partial charge is 0.255 e. The minimum Gasteiger partial charge on any atom is -0.378 e. The van der Waals surface area contributed by atoms with Crippen LogP contribution in [0.15, 0.2) is 42.5 Å². The molecule has 1 saturated heterocycles. The van der Waals surface area contributed by atoms with Gasteiger partial charge in [-0.2, -0.15) is 0 Å². The Balaban J connectivity index is 1.51. The van der Waals surface area contributed by atoms with Gasteiger partial charge in [0, 0.05) is 25.3 Å². The molecule has 3 rings (SSSR count). The molecule has 2 aromatic carbocycles. The lowest BCUT2D eigenvalue weighted by atomic mass is 10.1. The molecular formula is C21H24ClN3O3. The predicted octanol–water partition coefficient (Wildman–Crippen LogP) is 2.85. The number of carbonyl (C=O) groups is 2. The third kappa shape index (κ3) is 5.47. The van der Waals surface area contributed by atoms with Gasteiger partial charge in [0.2, 0.25) is 5.91 Å². The first-order valence-corrected chi connectivity index (χ1v) is 9.63. The first-order valence-electron chi connectivity index (χ1n) is 9.25. The van der Waals surface area contributed by atoms with Crippen molar-refractivity contribution in [1.82, 2.24) is 10.2 Å². The number of amides is 2. The first-order chi connectivity index (χ1) is 13.5. The largest absolute Gasteiger partial charge is 0.378 e. The van der Waals surface area contributed by atoms with E-state index in [1.807, 2.05) is 31.2 Å². The summed E-state index contributed by atoms with van der Waals surface area (Å²) in [6.45, 7) is 4.84. The molecule has 0 spiro atoms. The number of carbonyl (C=O) groups excluding carboxylic acids is 2. The normalized spacial score (nSPS) is 13.9. The number of ether oxygens (including phenoxy) is 1. The van der Waals surface area contributed by atoms with E-state index in [0.717, 1.165) is 11.1 Å². The zero-order valence-electron chi connectivity index (χ0n) is 15.8. The highest BCUT2D eigenvalue weighted by molar-refractivity contribution is 6.34. The first kappa shape index (κ1) is 20.2. The molecule has 2 N–H and O–H groups in total. The van der Waals surface area contributed by atoms with Crippen molar-refractivity contribution in [2.45, 2.75) is 13.5 Å². The van der Waals surface area contributed by atoms with E-state index in [9.17, 15) is 9.59 Å². The average molecular weight is 402 g/mol. The van der Waals surface area contributed by atoms with Gasteiger partial charge in [-0.15, -0.1) is 0 Å². The molecule has 148 valence electrons. The van der Waals surface area contributed by atoms with Crippen LogP contribution in [0, 0.1) is 6.92 Å². The average Bonchev–Trinajstić information content (AvgIpc) is 2.71. The van der Waals surface area contributed by atoms with Crippen LogP contribution in [-0.4, -0.2) is 49.6 Å². The van der Waals surface area contributed by atoms with Gasteiger partial charge >= 0.3 is 0 Å². The second-order valence-corrected chi connectivity index (χ2v) is 7.13. The Morgan fingerprint density at radius 3 is 2.64 bits per heavy atom. The van der Waals surface area contributed by atoms with Crippen molar-refractivity contribution in [2.24, 2.45) is 0 Å². The lowest BCUT2D eigenvalue weighted by Crippen LogP contribution is -2.40. The maximum Gasteiger partial charge on any atom is 0.255 e. The quantitative estimate of drug-likeness (QED) is 0.780. The van der Waals surface area contributed by atoms with Crippen LogP contribution in [-0.2, 0) is 16.1 Å². The Bertz CT molecular complexity index is 851. The second-order valence-electron chi connectivity index (χ2n) is 6.72. The second kappa shape index (κ2) is 9.57. The lowest BCUT2D eigenvalue weighted by molar-refractivity contribution is -0.119. The molecule has 0 aliphatic carbocycles. The van der Waals surface area contributed by atoms with Gasteiger partial charge in [0.05, 0.1) is 30.3 Å². The topological polar surface area (TPSA) is 70.7 Å². The number of benzene rings is 2. The van der Waals surface area contributed by atoms with Crippen molar-refractivity contribution >= 4 is 29.1 Å². The highest BCUT2D eigenvalue weighted by atomic mass is 35.5. The van der Waals surface area contributed by atoms with E-state index in [-0.39, 0.29) is 18.4 Å². The third-order valence-corrected chi connectivity index (χ3v) is 4.84. The molecular weight excluding hydrogens is 378 g/mol. The molecule has 0 radical (unpaired) electrons. The molecule has 0 aromatic heterocycles. The van der Waals surface area contributed by atoms with Crippen LogP contribution in [0.25, 0.3) is 0 Å². The summed E-state index contributed by atoms with van der Waals surface area (Å²) in [6, 6.07) is 13.1. The lowest BCUT2D eigenvalue weighted by Gasteiger charge is -2.27. The van der Waals surface area contributed by atoms with Crippen LogP contribution >= 0.6 is 11.6 Å². The van der Waals surface area contributed by atoms with Crippen molar-refractivity contribution in [3.05, 3.63) is 64.2 Å². The number of nitrogens with zero attached hydrogens (tertiary/aromatic N) is 1. The number of morpholine rings is 1. The summed E-state index contributed by atoms with van der Waals surface area (Å²) in [5.41, 5.74) is 3.36. The van der Waals surface area contributed by atoms with Crippen LogP contribution < -0.4 is 10.6 Å². The maximum absolute atomic E-state index is 12.5. The van der Waals surface area contributed by atoms with E-state index < -0.39 is 0 Å². The minimum atomic E-state index is -0.119. The molecule has 1 aliphatic rings. The van der Waals surface area contributed by atoms with Crippen LogP contribution in [0.3, 0.4) is 0 Å². The zero-order chi connectivity index (χ0) is 19.9. The van der Waals surface area contributed by atoms with Crippen molar-refractivity contribution in [3.63, 3.8) is 0 Å². The number of hydrogen-bond acceptors (Lipinski definition) is 4. The van der Waals surface area contributed by atoms with Crippen LogP contribution in [0.2, 0.25) is 5.02 Å². The molecule has 28 heavy (non-hydrogen) atoms. The molecule has 1 aliphatic heterocycles. The van der Waals surface area contributed by atoms with Gasteiger partial charge in [-0.1, -0.05) is 41.4 Å². The number of rotatable bonds is 6. The Labute approximate surface area is 169 Å². The summed E-state index contributed by atoms with van der Waals surface area (Å²) in [7, 11) is 0. The summed E-state index contributed by atoms with van der Waals surface area (Å²) in [6.07, 6.45) is 0. The summed E-state index contributed by atoms with van der Waals surface area (Å²) < 4.78 is 5.27. The summed E-state index contributed by atoms with van der Waals surface area (Å²) in [5, 5.41) is 6.28. The van der Waals surface area contributed by atoms with E-state index in [4.69, 9.17) is 16.3 Å². The SMILES string of the molecule is Cc1cccc(CNC(=O)CNc2ccc(C(=O)N3CCOCC3)c(Cl)c2)c1. The van der Waals surface area contributed by atoms with Gasteiger partial charge in [-0.05, 0) is 30.7 Å². The minimum absolute atomic E-state index is 0.101. The predicted molar refractivity (Wildman–Crippen MR) is 110 cm³/mol. The summed E-state index contributed by atoms with van der Waals surface area (Å²) in [5.74, 6) is -0.221. The number of halogens is 1. The molecule has 0 unspecified atom stereocenters. The molecule has 0 saturated carbocycles. The number of anilines is 1. The zero-order valence-corrected chi connectivity index (χ0v) is 16.6. The van der Waals surface area contributed by atoms with Crippen LogP contribution in [0.4, 0.5) is 5.69 Å². The van der Waals surface area contributed by atoms with Gasteiger partial charge in [0.15, 0.2) is 0 Å². The number of nitrogens with one attached hydrogen (secondary N) is 2. The van der Waals surface area contributed by atoms with Crippen LogP contribution in [0.1, 0.15) is 21.5 Å².